The Labute approximate surface area is 184 Å². The molecule has 1 amide bonds. The van der Waals surface area contributed by atoms with Crippen LogP contribution in [0, 0.1) is 0 Å². The van der Waals surface area contributed by atoms with Gasteiger partial charge in [-0.1, -0.05) is 11.3 Å². The van der Waals surface area contributed by atoms with Crippen LogP contribution in [-0.2, 0) is 10.0 Å². The van der Waals surface area contributed by atoms with Crippen molar-refractivity contribution in [2.24, 2.45) is 0 Å². The number of ether oxygens (including phenoxy) is 1. The number of nitrogens with zero attached hydrogens (tertiary/aromatic N) is 3. The van der Waals surface area contributed by atoms with Crippen LogP contribution < -0.4 is 19.7 Å². The van der Waals surface area contributed by atoms with E-state index in [-0.39, 0.29) is 17.6 Å². The molecule has 4 rings (SSSR count). The minimum atomic E-state index is -3.47. The van der Waals surface area contributed by atoms with Crippen LogP contribution in [0.4, 0.5) is 5.13 Å². The lowest BCUT2D eigenvalue weighted by atomic mass is 10.1. The van der Waals surface area contributed by atoms with E-state index in [2.05, 4.69) is 20.6 Å². The number of carbonyl (C=O) groups excluding carboxylic acids is 1. The minimum absolute atomic E-state index is 0.153. The zero-order valence-electron chi connectivity index (χ0n) is 17.2. The first kappa shape index (κ1) is 21.5. The second kappa shape index (κ2) is 8.77. The molecule has 0 spiro atoms. The van der Waals surface area contributed by atoms with Crippen LogP contribution in [0.25, 0.3) is 10.2 Å². The Hall–Kier alpha value is -2.76. The first-order valence-electron chi connectivity index (χ1n) is 9.82. The lowest BCUT2D eigenvalue weighted by Crippen LogP contribution is -2.48. The number of pyridine rings is 1. The van der Waals surface area contributed by atoms with Gasteiger partial charge in [0.2, 0.25) is 15.2 Å². The van der Waals surface area contributed by atoms with Gasteiger partial charge in [-0.25, -0.2) is 17.7 Å². The zero-order chi connectivity index (χ0) is 22.0. The summed E-state index contributed by atoms with van der Waals surface area (Å²) in [5.74, 6) is 0.733. The van der Waals surface area contributed by atoms with Gasteiger partial charge in [0.05, 0.1) is 22.5 Å². The van der Waals surface area contributed by atoms with Crippen molar-refractivity contribution < 1.29 is 17.9 Å². The number of aromatic nitrogens is 2. The smallest absolute Gasteiger partial charge is 0.269 e. The molecule has 1 atom stereocenters. The Bertz CT molecular complexity index is 1210. The molecule has 31 heavy (non-hydrogen) atoms. The highest BCUT2D eigenvalue weighted by atomic mass is 32.2. The highest BCUT2D eigenvalue weighted by Crippen LogP contribution is 2.35. The van der Waals surface area contributed by atoms with Crippen molar-refractivity contribution >= 4 is 42.6 Å². The quantitative estimate of drug-likeness (QED) is 0.579. The number of carbonyl (C=O) groups is 1. The summed E-state index contributed by atoms with van der Waals surface area (Å²) in [6, 6.07) is 8.44. The van der Waals surface area contributed by atoms with Crippen LogP contribution in [-0.4, -0.2) is 56.7 Å². The maximum Gasteiger partial charge on any atom is 0.269 e. The molecule has 0 saturated carbocycles. The Morgan fingerprint density at radius 3 is 2.81 bits per heavy atom. The topological polar surface area (TPSA) is 114 Å². The van der Waals surface area contributed by atoms with Crippen molar-refractivity contribution in [3.8, 4) is 11.5 Å². The van der Waals surface area contributed by atoms with Crippen molar-refractivity contribution in [1.82, 2.24) is 20.6 Å². The van der Waals surface area contributed by atoms with Gasteiger partial charge in [-0.2, -0.15) is 0 Å². The fourth-order valence-electron chi connectivity index (χ4n) is 3.52. The van der Waals surface area contributed by atoms with E-state index >= 15 is 0 Å². The normalized spacial score (nSPS) is 16.8. The number of nitrogens with one attached hydrogen (secondary N) is 2. The third-order valence-corrected chi connectivity index (χ3v) is 7.24. The third kappa shape index (κ3) is 4.78. The van der Waals surface area contributed by atoms with E-state index < -0.39 is 10.0 Å². The van der Waals surface area contributed by atoms with Crippen molar-refractivity contribution in [2.75, 3.05) is 30.7 Å². The number of hydrogen-bond donors (Lipinski definition) is 2. The summed E-state index contributed by atoms with van der Waals surface area (Å²) in [5, 5.41) is 6.24. The van der Waals surface area contributed by atoms with E-state index in [1.54, 1.807) is 24.3 Å². The van der Waals surface area contributed by atoms with Gasteiger partial charge in [-0.15, -0.1) is 0 Å². The maximum atomic E-state index is 12.5. The molecule has 2 N–H and O–H groups in total. The van der Waals surface area contributed by atoms with E-state index in [1.807, 2.05) is 6.07 Å². The summed E-state index contributed by atoms with van der Waals surface area (Å²) in [6.45, 7) is 1.50. The standard InChI is InChI=1S/C20H23N5O4S2/c1-21-19(26)17-10-15(7-9-23-17)29-14-5-6-16-18(11-14)30-20(24-16)25(31(2,27)28)13-4-3-8-22-12-13/h5-7,9-11,13,22H,3-4,8,12H2,1-2H3,(H,21,26). The maximum absolute atomic E-state index is 12.5. The van der Waals surface area contributed by atoms with Crippen LogP contribution in [0.15, 0.2) is 36.5 Å². The van der Waals surface area contributed by atoms with Gasteiger partial charge in [0.25, 0.3) is 5.91 Å². The van der Waals surface area contributed by atoms with Gasteiger partial charge in [-0.05, 0) is 37.6 Å². The van der Waals surface area contributed by atoms with Crippen molar-refractivity contribution in [3.63, 3.8) is 0 Å². The van der Waals surface area contributed by atoms with E-state index in [0.29, 0.717) is 28.7 Å². The molecule has 11 heteroatoms. The summed E-state index contributed by atoms with van der Waals surface area (Å²) in [6.07, 6.45) is 4.44. The molecule has 0 bridgehead atoms. The first-order chi connectivity index (χ1) is 14.8. The minimum Gasteiger partial charge on any atom is -0.457 e. The Balaban J connectivity index is 1.63. The number of fused-ring (bicyclic) bond motifs is 1. The monoisotopic (exact) mass is 461 g/mol. The number of anilines is 1. The van der Waals surface area contributed by atoms with Gasteiger partial charge < -0.3 is 15.4 Å². The number of thiazole rings is 1. The number of amides is 1. The number of hydrogen-bond acceptors (Lipinski definition) is 8. The van der Waals surface area contributed by atoms with E-state index in [0.717, 1.165) is 24.1 Å². The summed E-state index contributed by atoms with van der Waals surface area (Å²) >= 11 is 1.31. The second-order valence-electron chi connectivity index (χ2n) is 7.24. The Morgan fingerprint density at radius 2 is 2.10 bits per heavy atom. The molecule has 9 nitrogen and oxygen atoms in total. The molecular weight excluding hydrogens is 438 g/mol. The highest BCUT2D eigenvalue weighted by Gasteiger charge is 2.30. The SMILES string of the molecule is CNC(=O)c1cc(Oc2ccc3nc(N(C4CCCNC4)S(C)(=O)=O)sc3c2)ccn1. The van der Waals surface area contributed by atoms with Crippen LogP contribution in [0.5, 0.6) is 11.5 Å². The van der Waals surface area contributed by atoms with Gasteiger partial charge >= 0.3 is 0 Å². The zero-order valence-corrected chi connectivity index (χ0v) is 18.8. The molecule has 1 unspecified atom stereocenters. The predicted octanol–water partition coefficient (Wildman–Crippen LogP) is 2.36. The average Bonchev–Trinajstić information content (AvgIpc) is 3.15. The molecule has 1 aliphatic heterocycles. The molecule has 3 heterocycles. The van der Waals surface area contributed by atoms with Crippen molar-refractivity contribution in [2.45, 2.75) is 18.9 Å². The molecule has 0 aliphatic carbocycles. The molecule has 164 valence electrons. The number of rotatable bonds is 6. The fourth-order valence-corrected chi connectivity index (χ4v) is 6.05. The Morgan fingerprint density at radius 1 is 1.29 bits per heavy atom. The summed E-state index contributed by atoms with van der Waals surface area (Å²) < 4.78 is 33.2. The molecule has 1 saturated heterocycles. The largest absolute Gasteiger partial charge is 0.457 e. The van der Waals surface area contributed by atoms with E-state index in [4.69, 9.17) is 4.74 Å². The lowest BCUT2D eigenvalue weighted by Gasteiger charge is -2.32. The van der Waals surface area contributed by atoms with Crippen molar-refractivity contribution in [1.29, 1.82) is 0 Å². The van der Waals surface area contributed by atoms with Crippen LogP contribution in [0.2, 0.25) is 0 Å². The van der Waals surface area contributed by atoms with Gasteiger partial charge in [-0.3, -0.25) is 9.78 Å². The van der Waals surface area contributed by atoms with Gasteiger partial charge in [0.1, 0.15) is 17.2 Å². The van der Waals surface area contributed by atoms with Crippen LogP contribution >= 0.6 is 11.3 Å². The predicted molar refractivity (Wildman–Crippen MR) is 121 cm³/mol. The van der Waals surface area contributed by atoms with Gasteiger partial charge in [0.15, 0.2) is 0 Å². The first-order valence-corrected chi connectivity index (χ1v) is 12.5. The molecule has 2 aromatic heterocycles. The molecule has 0 radical (unpaired) electrons. The van der Waals surface area contributed by atoms with E-state index in [9.17, 15) is 13.2 Å². The third-order valence-electron chi connectivity index (χ3n) is 4.92. The molecule has 1 aromatic carbocycles. The summed E-state index contributed by atoms with van der Waals surface area (Å²) in [5.41, 5.74) is 0.955. The van der Waals surface area contributed by atoms with Crippen molar-refractivity contribution in [3.05, 3.63) is 42.2 Å². The highest BCUT2D eigenvalue weighted by molar-refractivity contribution is 7.92. The number of sulfonamides is 1. The fraction of sp³-hybridized carbons (Fsp3) is 0.350. The second-order valence-corrected chi connectivity index (χ2v) is 10.1. The number of piperidine rings is 1. The average molecular weight is 462 g/mol. The Kier molecular flexibility index (Phi) is 6.08. The molecule has 1 aliphatic rings. The number of benzene rings is 1. The van der Waals surface area contributed by atoms with Gasteiger partial charge in [0, 0.05) is 31.9 Å². The molecule has 1 fully saturated rings. The van der Waals surface area contributed by atoms with Crippen LogP contribution in [0.1, 0.15) is 23.3 Å². The van der Waals surface area contributed by atoms with Crippen LogP contribution in [0.3, 0.4) is 0 Å². The lowest BCUT2D eigenvalue weighted by molar-refractivity contribution is 0.0958. The summed E-state index contributed by atoms with van der Waals surface area (Å²) in [4.78, 5) is 20.4. The molecule has 3 aromatic rings. The molecular formula is C20H23N5O4S2. The van der Waals surface area contributed by atoms with E-state index in [1.165, 1.54) is 35.1 Å². The summed E-state index contributed by atoms with van der Waals surface area (Å²) in [7, 11) is -1.94.